The average molecular weight is 278 g/mol. The van der Waals surface area contributed by atoms with Crippen LogP contribution in [-0.4, -0.2) is 43.0 Å². The van der Waals surface area contributed by atoms with Crippen LogP contribution >= 0.6 is 0 Å². The fourth-order valence-electron chi connectivity index (χ4n) is 1.80. The number of hydrogen-bond donors (Lipinski definition) is 1. The first-order valence-electron chi connectivity index (χ1n) is 5.90. The van der Waals surface area contributed by atoms with Gasteiger partial charge >= 0.3 is 5.97 Å². The van der Waals surface area contributed by atoms with Gasteiger partial charge in [0.15, 0.2) is 5.71 Å². The predicted octanol–water partition coefficient (Wildman–Crippen LogP) is 0.887. The Morgan fingerprint density at radius 2 is 2.25 bits per heavy atom. The Bertz CT molecular complexity index is 570. The summed E-state index contributed by atoms with van der Waals surface area (Å²) >= 11 is 0. The smallest absolute Gasteiger partial charge is 0.353 e. The van der Waals surface area contributed by atoms with Crippen LogP contribution in [0.1, 0.15) is 6.42 Å². The van der Waals surface area contributed by atoms with Crippen LogP contribution in [0.15, 0.2) is 29.4 Å². The number of anilines is 1. The van der Waals surface area contributed by atoms with Crippen molar-refractivity contribution in [2.75, 3.05) is 19.1 Å². The molecule has 1 aliphatic heterocycles. The Balaban J connectivity index is 2.08. The number of methoxy groups -OCH3 is 1. The molecule has 20 heavy (non-hydrogen) atoms. The lowest BCUT2D eigenvalue weighted by molar-refractivity contribution is -0.129. The highest BCUT2D eigenvalue weighted by atomic mass is 16.6. The summed E-state index contributed by atoms with van der Waals surface area (Å²) in [5.74, 6) is -0.917. The lowest BCUT2D eigenvalue weighted by atomic mass is 10.1. The minimum absolute atomic E-state index is 0.0392. The van der Waals surface area contributed by atoms with E-state index in [1.807, 2.05) is 0 Å². The minimum Gasteiger partial charge on any atom is -0.497 e. The maximum atomic E-state index is 12.2. The second-order valence-corrected chi connectivity index (χ2v) is 4.24. The van der Waals surface area contributed by atoms with Crippen molar-refractivity contribution in [3.8, 4) is 5.75 Å². The van der Waals surface area contributed by atoms with Crippen LogP contribution < -0.4 is 9.64 Å². The topological polar surface area (TPSA) is 88.4 Å². The molecule has 1 amide bonds. The molecule has 1 heterocycles. The Hall–Kier alpha value is -2.57. The van der Waals surface area contributed by atoms with Crippen molar-refractivity contribution in [1.82, 2.24) is 0 Å². The van der Waals surface area contributed by atoms with Gasteiger partial charge in [-0.1, -0.05) is 11.2 Å². The molecule has 7 heteroatoms. The lowest BCUT2D eigenvalue weighted by Gasteiger charge is -2.20. The van der Waals surface area contributed by atoms with Crippen LogP contribution in [0.5, 0.6) is 5.75 Å². The Labute approximate surface area is 115 Å². The number of rotatable bonds is 4. The fourth-order valence-corrected chi connectivity index (χ4v) is 1.80. The molecule has 1 unspecified atom stereocenters. The van der Waals surface area contributed by atoms with Crippen molar-refractivity contribution in [3.05, 3.63) is 24.3 Å². The summed E-state index contributed by atoms with van der Waals surface area (Å²) in [6.07, 6.45) is -0.944. The number of carboxylic acid groups (broad SMARTS) is 1. The zero-order chi connectivity index (χ0) is 14.7. The van der Waals surface area contributed by atoms with Crippen molar-refractivity contribution < 1.29 is 24.3 Å². The summed E-state index contributed by atoms with van der Waals surface area (Å²) in [4.78, 5) is 29.2. The number of hydrogen-bond acceptors (Lipinski definition) is 5. The number of oxime groups is 1. The summed E-state index contributed by atoms with van der Waals surface area (Å²) < 4.78 is 5.09. The molecule has 0 saturated carbocycles. The maximum Gasteiger partial charge on any atom is 0.353 e. The van der Waals surface area contributed by atoms with Gasteiger partial charge < -0.3 is 19.6 Å². The van der Waals surface area contributed by atoms with Gasteiger partial charge in [-0.05, 0) is 12.1 Å². The maximum absolute atomic E-state index is 12.2. The first kappa shape index (κ1) is 13.9. The van der Waals surface area contributed by atoms with Gasteiger partial charge in [-0.2, -0.15) is 0 Å². The lowest BCUT2D eigenvalue weighted by Crippen LogP contribution is -2.37. The minimum atomic E-state index is -1.18. The molecule has 7 nitrogen and oxygen atoms in total. The van der Waals surface area contributed by atoms with Gasteiger partial charge in [0.1, 0.15) is 5.75 Å². The van der Waals surface area contributed by atoms with Crippen LogP contribution in [-0.2, 0) is 14.4 Å². The molecular formula is C13H14N2O5. The highest BCUT2D eigenvalue weighted by Gasteiger charge is 2.33. The summed E-state index contributed by atoms with van der Waals surface area (Å²) in [6, 6.07) is 6.96. The summed E-state index contributed by atoms with van der Waals surface area (Å²) in [6.45, 7) is 0. The van der Waals surface area contributed by atoms with Crippen LogP contribution in [0.2, 0.25) is 0 Å². The molecule has 106 valence electrons. The van der Waals surface area contributed by atoms with Gasteiger partial charge in [-0.25, -0.2) is 4.79 Å². The second-order valence-electron chi connectivity index (χ2n) is 4.24. The molecular weight excluding hydrogens is 264 g/mol. The van der Waals surface area contributed by atoms with Crippen molar-refractivity contribution in [2.24, 2.45) is 5.16 Å². The van der Waals surface area contributed by atoms with E-state index in [0.29, 0.717) is 11.4 Å². The zero-order valence-corrected chi connectivity index (χ0v) is 11.1. The number of benzene rings is 1. The normalized spacial score (nSPS) is 17.1. The third-order valence-corrected chi connectivity index (χ3v) is 2.96. The molecule has 0 saturated heterocycles. The molecule has 1 N–H and O–H groups in total. The average Bonchev–Trinajstić information content (AvgIpc) is 2.95. The first-order chi connectivity index (χ1) is 9.52. The van der Waals surface area contributed by atoms with E-state index in [9.17, 15) is 9.59 Å². The van der Waals surface area contributed by atoms with E-state index >= 15 is 0 Å². The van der Waals surface area contributed by atoms with E-state index < -0.39 is 12.1 Å². The molecule has 1 atom stereocenters. The van der Waals surface area contributed by atoms with E-state index in [1.54, 1.807) is 31.3 Å². The molecule has 0 aromatic heterocycles. The number of amides is 1. The van der Waals surface area contributed by atoms with E-state index in [-0.39, 0.29) is 18.0 Å². The third kappa shape index (κ3) is 2.71. The number of likely N-dealkylation sites (N-methyl/N-ethyl adjacent to an activating group) is 1. The van der Waals surface area contributed by atoms with E-state index in [2.05, 4.69) is 5.16 Å². The number of nitrogens with zero attached hydrogens (tertiary/aromatic N) is 2. The Kier molecular flexibility index (Phi) is 3.88. The number of carbonyl (C=O) groups is 2. The number of aliphatic carboxylic acids is 1. The standard InChI is InChI=1S/C13H14N2O5/c1-15(8-4-3-5-9(6-8)19-2)12(16)11-7-10(13(17)18)14-20-11/h3-6,11H,7H2,1-2H3,(H,17,18). The number of carboxylic acids is 1. The molecule has 1 aliphatic rings. The van der Waals surface area contributed by atoms with Gasteiger partial charge in [0.25, 0.3) is 5.91 Å². The van der Waals surface area contributed by atoms with Gasteiger partial charge in [-0.3, -0.25) is 4.79 Å². The summed E-state index contributed by atoms with van der Waals surface area (Å²) in [5.41, 5.74) is 0.476. The van der Waals surface area contributed by atoms with Crippen LogP contribution in [0.25, 0.3) is 0 Å². The summed E-state index contributed by atoms with van der Waals surface area (Å²) in [7, 11) is 3.12. The van der Waals surface area contributed by atoms with Crippen LogP contribution in [0, 0.1) is 0 Å². The van der Waals surface area contributed by atoms with Crippen molar-refractivity contribution in [1.29, 1.82) is 0 Å². The molecule has 0 aliphatic carbocycles. The van der Waals surface area contributed by atoms with Gasteiger partial charge in [0, 0.05) is 25.2 Å². The van der Waals surface area contributed by atoms with Crippen molar-refractivity contribution in [3.63, 3.8) is 0 Å². The van der Waals surface area contributed by atoms with E-state index in [4.69, 9.17) is 14.7 Å². The predicted molar refractivity (Wildman–Crippen MR) is 71.0 cm³/mol. The molecule has 2 rings (SSSR count). The summed E-state index contributed by atoms with van der Waals surface area (Å²) in [5, 5.41) is 12.2. The molecule has 0 fully saturated rings. The monoisotopic (exact) mass is 278 g/mol. The first-order valence-corrected chi connectivity index (χ1v) is 5.90. The molecule has 0 radical (unpaired) electrons. The molecule has 1 aromatic rings. The molecule has 1 aromatic carbocycles. The fraction of sp³-hybridized carbons (Fsp3) is 0.308. The molecule has 0 bridgehead atoms. The van der Waals surface area contributed by atoms with Crippen LogP contribution in [0.4, 0.5) is 5.69 Å². The highest BCUT2D eigenvalue weighted by Crippen LogP contribution is 2.22. The van der Waals surface area contributed by atoms with Crippen LogP contribution in [0.3, 0.4) is 0 Å². The Morgan fingerprint density at radius 3 is 2.85 bits per heavy atom. The van der Waals surface area contributed by atoms with E-state index in [1.165, 1.54) is 12.0 Å². The molecule has 0 spiro atoms. The number of carbonyl (C=O) groups excluding carboxylic acids is 1. The third-order valence-electron chi connectivity index (χ3n) is 2.96. The highest BCUT2D eigenvalue weighted by molar-refractivity contribution is 6.36. The van der Waals surface area contributed by atoms with Crippen molar-refractivity contribution >= 4 is 23.3 Å². The van der Waals surface area contributed by atoms with Gasteiger partial charge in [0.2, 0.25) is 6.10 Å². The van der Waals surface area contributed by atoms with Gasteiger partial charge in [-0.15, -0.1) is 0 Å². The largest absolute Gasteiger partial charge is 0.497 e. The van der Waals surface area contributed by atoms with E-state index in [0.717, 1.165) is 0 Å². The second kappa shape index (κ2) is 5.60. The Morgan fingerprint density at radius 1 is 1.50 bits per heavy atom. The van der Waals surface area contributed by atoms with Gasteiger partial charge in [0.05, 0.1) is 7.11 Å². The van der Waals surface area contributed by atoms with Crippen molar-refractivity contribution in [2.45, 2.75) is 12.5 Å². The SMILES string of the molecule is COc1cccc(N(C)C(=O)C2CC(C(=O)O)=NO2)c1. The number of ether oxygens (including phenoxy) is 1. The quantitative estimate of drug-likeness (QED) is 0.883. The zero-order valence-electron chi connectivity index (χ0n) is 11.1.